The summed E-state index contributed by atoms with van der Waals surface area (Å²) in [4.78, 5) is 4.50. The van der Waals surface area contributed by atoms with Gasteiger partial charge in [-0.2, -0.15) is 10.1 Å². The molecule has 0 atom stereocenters. The molecule has 3 aromatic rings. The van der Waals surface area contributed by atoms with Crippen molar-refractivity contribution in [3.63, 3.8) is 0 Å². The molecule has 2 heterocycles. The Morgan fingerprint density at radius 2 is 1.65 bits per heavy atom. The van der Waals surface area contributed by atoms with E-state index in [0.717, 1.165) is 5.69 Å². The molecule has 2 N–H and O–H groups in total. The average Bonchev–Trinajstić information content (AvgIpc) is 2.99. The van der Waals surface area contributed by atoms with Crippen molar-refractivity contribution in [1.29, 1.82) is 0 Å². The van der Waals surface area contributed by atoms with Gasteiger partial charge in [0, 0.05) is 11.8 Å². The molecule has 7 heteroatoms. The fraction of sp³-hybridized carbons (Fsp3) is 0.368. The van der Waals surface area contributed by atoms with E-state index in [0.29, 0.717) is 35.2 Å². The van der Waals surface area contributed by atoms with Crippen LogP contribution in [-0.2, 0) is 0 Å². The highest BCUT2D eigenvalue weighted by Gasteiger charge is 2.15. The Bertz CT molecular complexity index is 861. The quantitative estimate of drug-likeness (QED) is 0.652. The predicted octanol–water partition coefficient (Wildman–Crippen LogP) is 4.90. The highest BCUT2D eigenvalue weighted by Crippen LogP contribution is 2.34. The molecule has 0 spiro atoms. The third-order valence-corrected chi connectivity index (χ3v) is 4.05. The van der Waals surface area contributed by atoms with E-state index in [9.17, 15) is 0 Å². The molecular formula is C19H24N6O. The number of hydrogen-bond acceptors (Lipinski definition) is 7. The van der Waals surface area contributed by atoms with E-state index in [1.165, 1.54) is 11.1 Å². The summed E-state index contributed by atoms with van der Waals surface area (Å²) in [5, 5.41) is 18.4. The van der Waals surface area contributed by atoms with Crippen molar-refractivity contribution >= 4 is 23.3 Å². The van der Waals surface area contributed by atoms with Gasteiger partial charge in [-0.05, 0) is 29.9 Å². The number of aromatic nitrogens is 4. The zero-order chi connectivity index (χ0) is 18.7. The first kappa shape index (κ1) is 17.8. The Kier molecular flexibility index (Phi) is 5.16. The largest absolute Gasteiger partial charge is 0.360 e. The van der Waals surface area contributed by atoms with Gasteiger partial charge in [0.1, 0.15) is 5.76 Å². The summed E-state index contributed by atoms with van der Waals surface area (Å²) in [5.74, 6) is 3.02. The minimum atomic E-state index is 0.358. The second-order valence-corrected chi connectivity index (χ2v) is 6.86. The Morgan fingerprint density at radius 3 is 2.23 bits per heavy atom. The number of aryl methyl sites for hydroxylation is 1. The lowest BCUT2D eigenvalue weighted by molar-refractivity contribution is 0.400. The number of nitrogens with zero attached hydrogens (tertiary/aromatic N) is 4. The van der Waals surface area contributed by atoms with Crippen molar-refractivity contribution in [2.75, 3.05) is 10.6 Å². The highest BCUT2D eigenvalue weighted by molar-refractivity contribution is 5.67. The summed E-state index contributed by atoms with van der Waals surface area (Å²) < 4.78 is 5.04. The molecule has 0 fully saturated rings. The van der Waals surface area contributed by atoms with Crippen LogP contribution in [0.2, 0.25) is 0 Å². The Hall–Kier alpha value is -2.96. The number of anilines is 4. The molecule has 1 aromatic carbocycles. The molecule has 3 rings (SSSR count). The number of benzene rings is 1. The standard InChI is InChI=1S/C19H24N6O/c1-11(2)14-7-6-8-15(12(3)4)18(14)21-17-10-20-24-19(23-17)22-16-9-13(5)26-25-16/h6-12H,1-5H3,(H2,21,22,23,24,25). The SMILES string of the molecule is Cc1cc(Nc2nncc(Nc3c(C(C)C)cccc3C(C)C)n2)no1. The Balaban J connectivity index is 1.90. The first-order chi connectivity index (χ1) is 12.4. The van der Waals surface area contributed by atoms with Crippen LogP contribution in [0.5, 0.6) is 0 Å². The molecule has 0 aliphatic heterocycles. The van der Waals surface area contributed by atoms with Gasteiger partial charge in [-0.25, -0.2) is 0 Å². The summed E-state index contributed by atoms with van der Waals surface area (Å²) in [5.41, 5.74) is 3.58. The fourth-order valence-corrected chi connectivity index (χ4v) is 2.78. The van der Waals surface area contributed by atoms with Crippen molar-refractivity contribution < 1.29 is 4.52 Å². The molecule has 0 saturated heterocycles. The Labute approximate surface area is 153 Å². The van der Waals surface area contributed by atoms with Gasteiger partial charge in [0.15, 0.2) is 11.6 Å². The maximum Gasteiger partial charge on any atom is 0.250 e. The van der Waals surface area contributed by atoms with E-state index in [2.05, 4.69) is 76.9 Å². The molecule has 7 nitrogen and oxygen atoms in total. The minimum absolute atomic E-state index is 0.358. The smallest absolute Gasteiger partial charge is 0.250 e. The van der Waals surface area contributed by atoms with Gasteiger partial charge < -0.3 is 15.2 Å². The maximum atomic E-state index is 5.04. The second kappa shape index (κ2) is 7.51. The van der Waals surface area contributed by atoms with E-state index in [1.54, 1.807) is 12.3 Å². The molecule has 2 aromatic heterocycles. The van der Waals surface area contributed by atoms with E-state index in [1.807, 2.05) is 6.92 Å². The number of para-hydroxylation sites is 1. The van der Waals surface area contributed by atoms with Crippen LogP contribution in [0.3, 0.4) is 0 Å². The summed E-state index contributed by atoms with van der Waals surface area (Å²) in [6, 6.07) is 8.16. The summed E-state index contributed by atoms with van der Waals surface area (Å²) >= 11 is 0. The van der Waals surface area contributed by atoms with Gasteiger partial charge in [0.05, 0.1) is 6.20 Å². The highest BCUT2D eigenvalue weighted by atomic mass is 16.5. The number of nitrogens with one attached hydrogen (secondary N) is 2. The first-order valence-electron chi connectivity index (χ1n) is 8.74. The van der Waals surface area contributed by atoms with Crippen molar-refractivity contribution in [1.82, 2.24) is 20.3 Å². The zero-order valence-electron chi connectivity index (χ0n) is 15.7. The normalized spacial score (nSPS) is 11.2. The number of hydrogen-bond donors (Lipinski definition) is 2. The van der Waals surface area contributed by atoms with Crippen LogP contribution < -0.4 is 10.6 Å². The van der Waals surface area contributed by atoms with Gasteiger partial charge in [-0.15, -0.1) is 5.10 Å². The number of rotatable bonds is 6. The summed E-state index contributed by atoms with van der Waals surface area (Å²) in [6.07, 6.45) is 1.61. The fourth-order valence-electron chi connectivity index (χ4n) is 2.78. The molecule has 0 unspecified atom stereocenters. The molecular weight excluding hydrogens is 328 g/mol. The molecule has 0 aliphatic rings. The van der Waals surface area contributed by atoms with Crippen molar-refractivity contribution in [3.05, 3.63) is 47.3 Å². The molecule has 0 radical (unpaired) electrons. The predicted molar refractivity (Wildman–Crippen MR) is 102 cm³/mol. The zero-order valence-corrected chi connectivity index (χ0v) is 15.7. The van der Waals surface area contributed by atoms with Crippen molar-refractivity contribution in [2.24, 2.45) is 0 Å². The van der Waals surface area contributed by atoms with Crippen LogP contribution in [0.1, 0.15) is 56.4 Å². The average molecular weight is 352 g/mol. The van der Waals surface area contributed by atoms with Crippen LogP contribution in [0, 0.1) is 6.92 Å². The molecule has 0 amide bonds. The van der Waals surface area contributed by atoms with Crippen LogP contribution in [0.25, 0.3) is 0 Å². The third kappa shape index (κ3) is 3.99. The molecule has 0 bridgehead atoms. The summed E-state index contributed by atoms with van der Waals surface area (Å²) in [6.45, 7) is 10.6. The molecule has 136 valence electrons. The van der Waals surface area contributed by atoms with Gasteiger partial charge in [0.2, 0.25) is 5.95 Å². The second-order valence-electron chi connectivity index (χ2n) is 6.86. The minimum Gasteiger partial charge on any atom is -0.360 e. The van der Waals surface area contributed by atoms with Crippen LogP contribution in [0.4, 0.5) is 23.3 Å². The van der Waals surface area contributed by atoms with Crippen LogP contribution in [0.15, 0.2) is 35.0 Å². The van der Waals surface area contributed by atoms with E-state index >= 15 is 0 Å². The van der Waals surface area contributed by atoms with Crippen LogP contribution in [-0.4, -0.2) is 20.3 Å². The van der Waals surface area contributed by atoms with Gasteiger partial charge in [-0.3, -0.25) is 0 Å². The monoisotopic (exact) mass is 352 g/mol. The van der Waals surface area contributed by atoms with Crippen molar-refractivity contribution in [3.8, 4) is 0 Å². The molecule has 26 heavy (non-hydrogen) atoms. The van der Waals surface area contributed by atoms with Gasteiger partial charge in [0.25, 0.3) is 0 Å². The van der Waals surface area contributed by atoms with Crippen LogP contribution >= 0.6 is 0 Å². The maximum absolute atomic E-state index is 5.04. The van der Waals surface area contributed by atoms with Gasteiger partial charge >= 0.3 is 0 Å². The first-order valence-corrected chi connectivity index (χ1v) is 8.74. The molecule has 0 aliphatic carbocycles. The van der Waals surface area contributed by atoms with Gasteiger partial charge in [-0.1, -0.05) is 51.1 Å². The third-order valence-electron chi connectivity index (χ3n) is 4.05. The van der Waals surface area contributed by atoms with E-state index in [-0.39, 0.29) is 0 Å². The van der Waals surface area contributed by atoms with E-state index in [4.69, 9.17) is 4.52 Å². The topological polar surface area (TPSA) is 88.8 Å². The lowest BCUT2D eigenvalue weighted by atomic mass is 9.92. The summed E-state index contributed by atoms with van der Waals surface area (Å²) in [7, 11) is 0. The Morgan fingerprint density at radius 1 is 0.962 bits per heavy atom. The molecule has 0 saturated carbocycles. The lowest BCUT2D eigenvalue weighted by Crippen LogP contribution is -2.07. The lowest BCUT2D eigenvalue weighted by Gasteiger charge is -2.20. The van der Waals surface area contributed by atoms with E-state index < -0.39 is 0 Å². The van der Waals surface area contributed by atoms with Crippen molar-refractivity contribution in [2.45, 2.75) is 46.5 Å².